The minimum atomic E-state index is -1.04. The molecular weight excluding hydrogens is 216 g/mol. The highest BCUT2D eigenvalue weighted by Gasteiger charge is 2.45. The zero-order valence-electron chi connectivity index (χ0n) is 9.67. The van der Waals surface area contributed by atoms with Gasteiger partial charge in [0.05, 0.1) is 6.10 Å². The van der Waals surface area contributed by atoms with E-state index in [-0.39, 0.29) is 5.92 Å². The molecule has 5 N–H and O–H groups in total. The van der Waals surface area contributed by atoms with Crippen LogP contribution < -0.4 is 11.5 Å². The lowest BCUT2D eigenvalue weighted by molar-refractivity contribution is -0.125. The number of benzene rings is 1. The van der Waals surface area contributed by atoms with Crippen molar-refractivity contribution in [2.75, 3.05) is 0 Å². The molecule has 4 nitrogen and oxygen atoms in total. The second-order valence-electron chi connectivity index (χ2n) is 4.80. The van der Waals surface area contributed by atoms with E-state index in [0.717, 1.165) is 5.56 Å². The molecule has 0 bridgehead atoms. The summed E-state index contributed by atoms with van der Waals surface area (Å²) in [5.74, 6) is -0.691. The topological polar surface area (TPSA) is 89.3 Å². The standard InChI is InChI=1S/C13H18N2O2/c14-12(17)13(15)7-6-10(16)8-11(13)9-4-2-1-3-5-9/h1-5,10-11,16H,6-8,15H2,(H2,14,17). The monoisotopic (exact) mass is 234 g/mol. The maximum Gasteiger partial charge on any atom is 0.238 e. The molecular formula is C13H18N2O2. The van der Waals surface area contributed by atoms with Crippen LogP contribution in [-0.2, 0) is 4.79 Å². The number of hydrogen-bond donors (Lipinski definition) is 3. The van der Waals surface area contributed by atoms with Crippen LogP contribution in [0.1, 0.15) is 30.7 Å². The summed E-state index contributed by atoms with van der Waals surface area (Å²) in [6, 6.07) is 9.56. The molecule has 0 saturated heterocycles. The molecule has 0 heterocycles. The molecule has 0 spiro atoms. The Morgan fingerprint density at radius 1 is 1.35 bits per heavy atom. The lowest BCUT2D eigenvalue weighted by Gasteiger charge is -2.40. The van der Waals surface area contributed by atoms with E-state index in [9.17, 15) is 9.90 Å². The molecule has 1 amide bonds. The SMILES string of the molecule is NC(=O)C1(N)CCC(O)CC1c1ccccc1. The van der Waals surface area contributed by atoms with Crippen molar-refractivity contribution in [1.82, 2.24) is 0 Å². The first-order valence-corrected chi connectivity index (χ1v) is 5.86. The summed E-state index contributed by atoms with van der Waals surface area (Å²) < 4.78 is 0. The second-order valence-corrected chi connectivity index (χ2v) is 4.80. The van der Waals surface area contributed by atoms with Crippen molar-refractivity contribution < 1.29 is 9.90 Å². The summed E-state index contributed by atoms with van der Waals surface area (Å²) in [7, 11) is 0. The molecule has 0 aliphatic heterocycles. The number of hydrogen-bond acceptors (Lipinski definition) is 3. The highest BCUT2D eigenvalue weighted by Crippen LogP contribution is 2.39. The molecule has 1 saturated carbocycles. The van der Waals surface area contributed by atoms with E-state index in [1.165, 1.54) is 0 Å². The average molecular weight is 234 g/mol. The van der Waals surface area contributed by atoms with Gasteiger partial charge in [-0.25, -0.2) is 0 Å². The molecule has 0 radical (unpaired) electrons. The molecule has 1 aliphatic carbocycles. The van der Waals surface area contributed by atoms with Gasteiger partial charge in [-0.05, 0) is 24.8 Å². The van der Waals surface area contributed by atoms with Gasteiger partial charge in [-0.15, -0.1) is 0 Å². The smallest absolute Gasteiger partial charge is 0.238 e. The molecule has 2 rings (SSSR count). The van der Waals surface area contributed by atoms with Gasteiger partial charge in [0.25, 0.3) is 0 Å². The van der Waals surface area contributed by atoms with Crippen LogP contribution in [-0.4, -0.2) is 22.7 Å². The minimum absolute atomic E-state index is 0.204. The Morgan fingerprint density at radius 2 is 2.00 bits per heavy atom. The molecule has 3 atom stereocenters. The molecule has 1 aromatic rings. The zero-order valence-corrected chi connectivity index (χ0v) is 9.67. The van der Waals surface area contributed by atoms with Gasteiger partial charge in [0.15, 0.2) is 0 Å². The van der Waals surface area contributed by atoms with Gasteiger partial charge in [-0.3, -0.25) is 4.79 Å². The molecule has 0 aromatic heterocycles. The van der Waals surface area contributed by atoms with Gasteiger partial charge < -0.3 is 16.6 Å². The molecule has 92 valence electrons. The summed E-state index contributed by atoms with van der Waals surface area (Å²) >= 11 is 0. The van der Waals surface area contributed by atoms with Gasteiger partial charge in [0, 0.05) is 5.92 Å². The van der Waals surface area contributed by atoms with E-state index < -0.39 is 17.6 Å². The summed E-state index contributed by atoms with van der Waals surface area (Å²) in [4.78, 5) is 11.6. The van der Waals surface area contributed by atoms with Crippen molar-refractivity contribution in [3.8, 4) is 0 Å². The van der Waals surface area contributed by atoms with E-state index >= 15 is 0 Å². The third kappa shape index (κ3) is 2.18. The predicted octanol–water partition coefficient (Wildman–Crippen LogP) is 0.498. The van der Waals surface area contributed by atoms with Gasteiger partial charge in [-0.1, -0.05) is 30.3 Å². The Hall–Kier alpha value is -1.39. The maximum absolute atomic E-state index is 11.6. The van der Waals surface area contributed by atoms with Gasteiger partial charge >= 0.3 is 0 Å². The lowest BCUT2D eigenvalue weighted by atomic mass is 9.69. The number of nitrogens with two attached hydrogens (primary N) is 2. The minimum Gasteiger partial charge on any atom is -0.393 e. The molecule has 1 aromatic carbocycles. The average Bonchev–Trinajstić information content (AvgIpc) is 2.33. The Morgan fingerprint density at radius 3 is 2.59 bits per heavy atom. The van der Waals surface area contributed by atoms with E-state index in [2.05, 4.69) is 0 Å². The van der Waals surface area contributed by atoms with Crippen molar-refractivity contribution in [2.45, 2.75) is 36.8 Å². The first-order chi connectivity index (χ1) is 8.04. The molecule has 3 unspecified atom stereocenters. The number of primary amides is 1. The van der Waals surface area contributed by atoms with Gasteiger partial charge in [-0.2, -0.15) is 0 Å². The number of rotatable bonds is 2. The Kier molecular flexibility index (Phi) is 3.17. The van der Waals surface area contributed by atoms with Crippen molar-refractivity contribution in [3.63, 3.8) is 0 Å². The molecule has 1 aliphatic rings. The van der Waals surface area contributed by atoms with Crippen molar-refractivity contribution >= 4 is 5.91 Å². The summed E-state index contributed by atoms with van der Waals surface area (Å²) in [6.45, 7) is 0. The van der Waals surface area contributed by atoms with Gasteiger partial charge in [0.2, 0.25) is 5.91 Å². The summed E-state index contributed by atoms with van der Waals surface area (Å²) in [5, 5.41) is 9.75. The lowest BCUT2D eigenvalue weighted by Crippen LogP contribution is -2.59. The normalized spacial score (nSPS) is 33.3. The van der Waals surface area contributed by atoms with E-state index in [0.29, 0.717) is 19.3 Å². The number of amides is 1. The maximum atomic E-state index is 11.6. The number of carbonyl (C=O) groups excluding carboxylic acids is 1. The summed E-state index contributed by atoms with van der Waals surface area (Å²) in [5.41, 5.74) is 11.5. The quantitative estimate of drug-likeness (QED) is 0.696. The number of aliphatic hydroxyl groups excluding tert-OH is 1. The number of carbonyl (C=O) groups is 1. The fourth-order valence-electron chi connectivity index (χ4n) is 2.59. The largest absolute Gasteiger partial charge is 0.393 e. The van der Waals surface area contributed by atoms with Crippen LogP contribution in [0.15, 0.2) is 30.3 Å². The van der Waals surface area contributed by atoms with Crippen LogP contribution in [0.3, 0.4) is 0 Å². The molecule has 1 fully saturated rings. The van der Waals surface area contributed by atoms with Crippen molar-refractivity contribution in [1.29, 1.82) is 0 Å². The fraction of sp³-hybridized carbons (Fsp3) is 0.462. The predicted molar refractivity (Wildman–Crippen MR) is 65.2 cm³/mol. The summed E-state index contributed by atoms with van der Waals surface area (Å²) in [6.07, 6.45) is 1.05. The van der Waals surface area contributed by atoms with Crippen LogP contribution in [0.25, 0.3) is 0 Å². The fourth-order valence-corrected chi connectivity index (χ4v) is 2.59. The van der Waals surface area contributed by atoms with E-state index in [4.69, 9.17) is 11.5 Å². The zero-order chi connectivity index (χ0) is 12.5. The second kappa shape index (κ2) is 4.47. The highest BCUT2D eigenvalue weighted by atomic mass is 16.3. The van der Waals surface area contributed by atoms with Crippen LogP contribution in [0.2, 0.25) is 0 Å². The Balaban J connectivity index is 2.36. The van der Waals surface area contributed by atoms with Gasteiger partial charge in [0.1, 0.15) is 5.54 Å². The first-order valence-electron chi connectivity index (χ1n) is 5.86. The Bertz CT molecular complexity index is 407. The van der Waals surface area contributed by atoms with Crippen LogP contribution in [0.5, 0.6) is 0 Å². The van der Waals surface area contributed by atoms with E-state index in [1.807, 2.05) is 30.3 Å². The molecule has 17 heavy (non-hydrogen) atoms. The number of aliphatic hydroxyl groups is 1. The third-order valence-electron chi connectivity index (χ3n) is 3.68. The highest BCUT2D eigenvalue weighted by molar-refractivity contribution is 5.86. The van der Waals surface area contributed by atoms with Crippen molar-refractivity contribution in [3.05, 3.63) is 35.9 Å². The Labute approximate surface area is 101 Å². The first kappa shape index (κ1) is 12.1. The van der Waals surface area contributed by atoms with Crippen LogP contribution in [0, 0.1) is 0 Å². The third-order valence-corrected chi connectivity index (χ3v) is 3.68. The van der Waals surface area contributed by atoms with Crippen molar-refractivity contribution in [2.24, 2.45) is 11.5 Å². The van der Waals surface area contributed by atoms with Crippen LogP contribution in [0.4, 0.5) is 0 Å². The van der Waals surface area contributed by atoms with E-state index in [1.54, 1.807) is 0 Å². The van der Waals surface area contributed by atoms with Crippen LogP contribution >= 0.6 is 0 Å². The molecule has 4 heteroatoms.